The fraction of sp³-hybridized carbons (Fsp3) is 0.117. The second kappa shape index (κ2) is 15.9. The summed E-state index contributed by atoms with van der Waals surface area (Å²) in [5.74, 6) is 0.770. The number of anilines is 1. The fourth-order valence-electron chi connectivity index (χ4n) is 10.7. The number of benzene rings is 7. The molecular weight excluding hydrogens is 777 g/mol. The molecule has 1 aliphatic heterocycles. The Morgan fingerprint density at radius 3 is 2.33 bits per heavy atom. The Labute approximate surface area is 374 Å². The summed E-state index contributed by atoms with van der Waals surface area (Å²) < 4.78 is 2.49. The molecule has 3 aliphatic carbocycles. The maximum Gasteiger partial charge on any atom is 0.131 e. The molecule has 0 bridgehead atoms. The van der Waals surface area contributed by atoms with Crippen molar-refractivity contribution in [2.24, 2.45) is 16.6 Å². The van der Waals surface area contributed by atoms with Crippen LogP contribution in [0.2, 0.25) is 0 Å². The lowest BCUT2D eigenvalue weighted by Crippen LogP contribution is -2.28. The van der Waals surface area contributed by atoms with E-state index >= 15 is 0 Å². The normalized spacial score (nSPS) is 18.2. The molecule has 0 saturated carbocycles. The standard InChI is InChI=1S/C60H48N4/c61-60(45-19-5-2-6-20-45)62-55(36-29-40-27-30-42(31-28-40)41-15-3-1-4-16-41)46-37-47(63-56-25-13-11-23-51(56)53-34-32-43-17-7-9-21-49(43)58(53)63)39-48(38-46)64-57-26-14-12-24-52(57)54-35-33-44-18-8-10-22-50(44)59(54)64/h1-3,5-11,13-15,17-23,25-28,30-39,54,59H,4,12,16,24,29H2,(H2,61,62)/b55-36-. The summed E-state index contributed by atoms with van der Waals surface area (Å²) in [6.45, 7) is 0. The molecule has 4 aliphatic rings. The lowest BCUT2D eigenvalue weighted by atomic mass is 9.80. The van der Waals surface area contributed by atoms with Crippen LogP contribution >= 0.6 is 0 Å². The number of aliphatic imine (C=N–C) groups is 1. The highest BCUT2D eigenvalue weighted by atomic mass is 15.2. The van der Waals surface area contributed by atoms with Gasteiger partial charge < -0.3 is 15.2 Å². The highest BCUT2D eigenvalue weighted by Gasteiger charge is 2.43. The molecule has 0 fully saturated rings. The first-order chi connectivity index (χ1) is 31.7. The summed E-state index contributed by atoms with van der Waals surface area (Å²) in [6.07, 6.45) is 23.4. The van der Waals surface area contributed by atoms with Crippen molar-refractivity contribution in [3.05, 3.63) is 245 Å². The van der Waals surface area contributed by atoms with Crippen LogP contribution in [0.5, 0.6) is 0 Å². The molecule has 0 radical (unpaired) electrons. The summed E-state index contributed by atoms with van der Waals surface area (Å²) >= 11 is 0. The van der Waals surface area contributed by atoms with Gasteiger partial charge in [0, 0.05) is 50.3 Å². The third-order valence-electron chi connectivity index (χ3n) is 13.7. The molecular formula is C60H48N4. The second-order valence-corrected chi connectivity index (χ2v) is 17.5. The molecule has 2 atom stereocenters. The summed E-state index contributed by atoms with van der Waals surface area (Å²) in [4.78, 5) is 7.99. The van der Waals surface area contributed by atoms with E-state index in [1.165, 1.54) is 71.7 Å². The Morgan fingerprint density at radius 1 is 0.672 bits per heavy atom. The lowest BCUT2D eigenvalue weighted by Gasteiger charge is -2.35. The Hall–Kier alpha value is -7.69. The number of hydrogen-bond acceptors (Lipinski definition) is 2. The number of rotatable bonds is 8. The van der Waals surface area contributed by atoms with Crippen molar-refractivity contribution in [1.82, 2.24) is 4.57 Å². The van der Waals surface area contributed by atoms with Gasteiger partial charge in [-0.3, -0.25) is 0 Å². The average Bonchev–Trinajstić information content (AvgIpc) is 3.90. The fourth-order valence-corrected chi connectivity index (χ4v) is 10.7. The predicted molar refractivity (Wildman–Crippen MR) is 270 cm³/mol. The molecule has 0 spiro atoms. The minimum absolute atomic E-state index is 0.120. The second-order valence-electron chi connectivity index (χ2n) is 17.5. The van der Waals surface area contributed by atoms with Gasteiger partial charge >= 0.3 is 0 Å². The van der Waals surface area contributed by atoms with Crippen molar-refractivity contribution < 1.29 is 0 Å². The highest BCUT2D eigenvalue weighted by Crippen LogP contribution is 2.53. The molecule has 0 saturated heterocycles. The summed E-state index contributed by atoms with van der Waals surface area (Å²) in [5, 5.41) is 4.91. The maximum atomic E-state index is 6.99. The van der Waals surface area contributed by atoms with Crippen LogP contribution in [0.25, 0.3) is 55.6 Å². The van der Waals surface area contributed by atoms with E-state index in [0.717, 1.165) is 53.9 Å². The highest BCUT2D eigenvalue weighted by molar-refractivity contribution is 6.18. The van der Waals surface area contributed by atoms with Gasteiger partial charge in [0.1, 0.15) is 5.84 Å². The lowest BCUT2D eigenvalue weighted by molar-refractivity contribution is 0.596. The van der Waals surface area contributed by atoms with Crippen LogP contribution in [0.1, 0.15) is 65.1 Å². The minimum atomic E-state index is 0.120. The van der Waals surface area contributed by atoms with Gasteiger partial charge in [0.05, 0.1) is 22.8 Å². The number of nitrogens with zero attached hydrogens (tertiary/aromatic N) is 3. The van der Waals surface area contributed by atoms with Crippen molar-refractivity contribution >= 4 is 61.4 Å². The number of para-hydroxylation sites is 1. The number of aromatic nitrogens is 1. The van der Waals surface area contributed by atoms with E-state index in [1.54, 1.807) is 0 Å². The van der Waals surface area contributed by atoms with Gasteiger partial charge in [0.15, 0.2) is 0 Å². The first-order valence-electron chi connectivity index (χ1n) is 22.7. The van der Waals surface area contributed by atoms with Gasteiger partial charge in [-0.1, -0.05) is 176 Å². The van der Waals surface area contributed by atoms with Crippen molar-refractivity contribution in [3.8, 4) is 5.69 Å². The van der Waals surface area contributed by atoms with E-state index in [0.29, 0.717) is 12.3 Å². The zero-order valence-electron chi connectivity index (χ0n) is 35.7. The number of fused-ring (bicyclic) bond motifs is 9. The zero-order chi connectivity index (χ0) is 42.6. The Morgan fingerprint density at radius 2 is 1.45 bits per heavy atom. The van der Waals surface area contributed by atoms with Gasteiger partial charge in [-0.15, -0.1) is 0 Å². The molecule has 2 unspecified atom stereocenters. The number of amidine groups is 1. The first kappa shape index (κ1) is 38.0. The van der Waals surface area contributed by atoms with E-state index in [4.69, 9.17) is 10.7 Å². The molecule has 12 rings (SSSR count). The van der Waals surface area contributed by atoms with Crippen LogP contribution in [0.4, 0.5) is 5.69 Å². The Bertz CT molecular complexity index is 3370. The molecule has 308 valence electrons. The van der Waals surface area contributed by atoms with E-state index in [-0.39, 0.29) is 12.0 Å². The maximum absolute atomic E-state index is 6.99. The molecule has 4 nitrogen and oxygen atoms in total. The van der Waals surface area contributed by atoms with Gasteiger partial charge in [-0.2, -0.15) is 0 Å². The predicted octanol–water partition coefficient (Wildman–Crippen LogP) is 14.5. The number of hydrogen-bond donors (Lipinski definition) is 1. The summed E-state index contributed by atoms with van der Waals surface area (Å²) in [5.41, 5.74) is 23.7. The largest absolute Gasteiger partial charge is 0.383 e. The van der Waals surface area contributed by atoms with Crippen molar-refractivity contribution in [3.63, 3.8) is 0 Å². The number of allylic oxidation sites excluding steroid dienone is 7. The van der Waals surface area contributed by atoms with E-state index in [1.807, 2.05) is 30.3 Å². The van der Waals surface area contributed by atoms with Gasteiger partial charge in [-0.05, 0) is 101 Å². The van der Waals surface area contributed by atoms with Crippen LogP contribution in [0.3, 0.4) is 0 Å². The van der Waals surface area contributed by atoms with Crippen LogP contribution in [0.15, 0.2) is 217 Å². The minimum Gasteiger partial charge on any atom is -0.383 e. The molecule has 0 amide bonds. The number of nitrogens with two attached hydrogens (primary N) is 1. The van der Waals surface area contributed by atoms with Crippen molar-refractivity contribution in [2.45, 2.75) is 38.1 Å². The molecule has 7 aromatic carbocycles. The summed E-state index contributed by atoms with van der Waals surface area (Å²) in [7, 11) is 0. The van der Waals surface area contributed by atoms with E-state index in [2.05, 4.69) is 185 Å². The molecule has 2 heterocycles. The Kier molecular flexibility index (Phi) is 9.44. The van der Waals surface area contributed by atoms with E-state index in [9.17, 15) is 0 Å². The van der Waals surface area contributed by atoms with Crippen LogP contribution in [-0.2, 0) is 6.42 Å². The molecule has 64 heavy (non-hydrogen) atoms. The third-order valence-corrected chi connectivity index (χ3v) is 13.7. The van der Waals surface area contributed by atoms with Crippen molar-refractivity contribution in [1.29, 1.82) is 0 Å². The van der Waals surface area contributed by atoms with Crippen LogP contribution in [0, 0.1) is 5.92 Å². The molecule has 2 N–H and O–H groups in total. The molecule has 8 aromatic rings. The molecule has 4 heteroatoms. The van der Waals surface area contributed by atoms with Crippen LogP contribution < -0.4 is 10.6 Å². The first-order valence-corrected chi connectivity index (χ1v) is 22.7. The third kappa shape index (κ3) is 6.57. The topological polar surface area (TPSA) is 46.5 Å². The smallest absolute Gasteiger partial charge is 0.131 e. The summed E-state index contributed by atoms with van der Waals surface area (Å²) in [6, 6.07) is 57.6. The van der Waals surface area contributed by atoms with E-state index < -0.39 is 0 Å². The van der Waals surface area contributed by atoms with Crippen LogP contribution in [-0.4, -0.2) is 10.4 Å². The Balaban J connectivity index is 1.10. The van der Waals surface area contributed by atoms with Gasteiger partial charge in [-0.25, -0.2) is 4.99 Å². The van der Waals surface area contributed by atoms with Crippen molar-refractivity contribution in [2.75, 3.05) is 4.90 Å². The monoisotopic (exact) mass is 824 g/mol. The van der Waals surface area contributed by atoms with Gasteiger partial charge in [0.2, 0.25) is 0 Å². The zero-order valence-corrected chi connectivity index (χ0v) is 35.7. The quantitative estimate of drug-likeness (QED) is 0.123. The molecule has 1 aromatic heterocycles. The SMILES string of the molecule is NC(=N/C(=C\Cc1ccc(C2=CC=CCC2)cc1)c1cc(N2C3=C(CCC=C3)C3C=Cc4ccccc4C32)cc(-n2c3ccccc3c3ccc4ccccc4c32)c1)c1ccccc1. The average molecular weight is 825 g/mol. The van der Waals surface area contributed by atoms with Gasteiger partial charge in [0.25, 0.3) is 0 Å².